The molecular weight excluding hydrogens is 242 g/mol. The lowest BCUT2D eigenvalue weighted by molar-refractivity contribution is 0.235. The molecule has 6 heteroatoms. The molecule has 0 fully saturated rings. The predicted octanol–water partition coefficient (Wildman–Crippen LogP) is 1.48. The summed E-state index contributed by atoms with van der Waals surface area (Å²) >= 11 is 0. The van der Waals surface area contributed by atoms with Crippen LogP contribution in [0.5, 0.6) is 0 Å². The molecule has 1 atom stereocenters. The Morgan fingerprint density at radius 3 is 2.41 bits per heavy atom. The van der Waals surface area contributed by atoms with Crippen LogP contribution in [0, 0.1) is 5.41 Å². The van der Waals surface area contributed by atoms with Gasteiger partial charge in [0.05, 0.1) is 0 Å². The van der Waals surface area contributed by atoms with Crippen LogP contribution in [0.25, 0.3) is 0 Å². The van der Waals surface area contributed by atoms with Gasteiger partial charge in [-0.3, -0.25) is 0 Å². The summed E-state index contributed by atoms with van der Waals surface area (Å²) in [6.45, 7) is 7.32. The topological polar surface area (TPSA) is 79.5 Å². The summed E-state index contributed by atoms with van der Waals surface area (Å²) in [5.41, 5.74) is -0.181. The van der Waals surface area contributed by atoms with Gasteiger partial charge in [-0.2, -0.15) is 0 Å². The van der Waals surface area contributed by atoms with E-state index in [-0.39, 0.29) is 28.9 Å². The molecule has 1 unspecified atom stereocenters. The number of hydrogen-bond donors (Lipinski definition) is 2. The fourth-order valence-electron chi connectivity index (χ4n) is 1.06. The van der Waals surface area contributed by atoms with Gasteiger partial charge < -0.3 is 9.52 Å². The normalized spacial score (nSPS) is 14.9. The quantitative estimate of drug-likeness (QED) is 0.860. The van der Waals surface area contributed by atoms with E-state index in [9.17, 15) is 8.42 Å². The molecule has 1 rings (SSSR count). The Bertz CT molecular complexity index is 470. The van der Waals surface area contributed by atoms with Crippen molar-refractivity contribution in [1.82, 2.24) is 4.72 Å². The van der Waals surface area contributed by atoms with E-state index < -0.39 is 10.0 Å². The van der Waals surface area contributed by atoms with E-state index >= 15 is 0 Å². The molecule has 0 bridgehead atoms. The van der Waals surface area contributed by atoms with Gasteiger partial charge >= 0.3 is 0 Å². The molecule has 0 spiro atoms. The zero-order valence-electron chi connectivity index (χ0n) is 10.5. The van der Waals surface area contributed by atoms with Crippen LogP contribution in [0.4, 0.5) is 0 Å². The summed E-state index contributed by atoms with van der Waals surface area (Å²) in [5.74, 6) is 0.230. The number of sulfonamides is 1. The zero-order valence-corrected chi connectivity index (χ0v) is 11.3. The first-order valence-corrected chi connectivity index (χ1v) is 6.87. The minimum atomic E-state index is -3.66. The molecule has 0 amide bonds. The number of aliphatic hydroxyl groups is 1. The summed E-state index contributed by atoms with van der Waals surface area (Å²) < 4.78 is 31.4. The zero-order chi connectivity index (χ0) is 13.3. The Kier molecular flexibility index (Phi) is 4.01. The minimum absolute atomic E-state index is 0.169. The van der Waals surface area contributed by atoms with Crippen LogP contribution < -0.4 is 4.72 Å². The molecule has 0 aliphatic heterocycles. The molecular formula is C11H19NO4S. The summed E-state index contributed by atoms with van der Waals surface area (Å²) in [5, 5.41) is 8.65. The summed E-state index contributed by atoms with van der Waals surface area (Å²) in [6.07, 6.45) is 0. The molecule has 0 aliphatic carbocycles. The second-order valence-corrected chi connectivity index (χ2v) is 6.73. The molecule has 2 N–H and O–H groups in total. The van der Waals surface area contributed by atoms with Crippen molar-refractivity contribution in [3.05, 3.63) is 17.9 Å². The molecule has 0 radical (unpaired) electrons. The van der Waals surface area contributed by atoms with Crippen LogP contribution in [0.1, 0.15) is 33.5 Å². The highest BCUT2D eigenvalue weighted by Crippen LogP contribution is 2.21. The van der Waals surface area contributed by atoms with Gasteiger partial charge in [-0.1, -0.05) is 20.8 Å². The van der Waals surface area contributed by atoms with Crippen LogP contribution in [-0.4, -0.2) is 19.6 Å². The molecule has 1 aromatic rings. The van der Waals surface area contributed by atoms with Crippen LogP contribution >= 0.6 is 0 Å². The van der Waals surface area contributed by atoms with E-state index in [0.29, 0.717) is 0 Å². The van der Waals surface area contributed by atoms with Crippen LogP contribution in [-0.2, 0) is 16.6 Å². The Morgan fingerprint density at radius 1 is 1.41 bits per heavy atom. The van der Waals surface area contributed by atoms with Gasteiger partial charge in [0.2, 0.25) is 5.09 Å². The van der Waals surface area contributed by atoms with E-state index in [1.54, 1.807) is 6.92 Å². The Morgan fingerprint density at radius 2 is 2.00 bits per heavy atom. The molecule has 5 nitrogen and oxygen atoms in total. The molecule has 98 valence electrons. The Labute approximate surface area is 102 Å². The number of nitrogens with one attached hydrogen (secondary N) is 1. The fourth-order valence-corrected chi connectivity index (χ4v) is 2.45. The number of rotatable bonds is 4. The van der Waals surface area contributed by atoms with Gasteiger partial charge in [0.15, 0.2) is 0 Å². The molecule has 0 saturated carbocycles. The van der Waals surface area contributed by atoms with Crippen LogP contribution in [0.3, 0.4) is 0 Å². The smallest absolute Gasteiger partial charge is 0.274 e. The van der Waals surface area contributed by atoms with Crippen molar-refractivity contribution in [2.75, 3.05) is 0 Å². The van der Waals surface area contributed by atoms with E-state index in [4.69, 9.17) is 9.52 Å². The average Bonchev–Trinajstić information content (AvgIpc) is 2.64. The maximum atomic E-state index is 11.9. The Hall–Kier alpha value is -0.850. The van der Waals surface area contributed by atoms with Crippen LogP contribution in [0.15, 0.2) is 21.6 Å². The lowest BCUT2D eigenvalue weighted by Gasteiger charge is -2.27. The number of aliphatic hydroxyl groups excluding tert-OH is 1. The number of furan rings is 1. The van der Waals surface area contributed by atoms with Gasteiger partial charge in [-0.25, -0.2) is 13.1 Å². The highest BCUT2D eigenvalue weighted by Gasteiger charge is 2.27. The van der Waals surface area contributed by atoms with E-state index in [2.05, 4.69) is 4.72 Å². The number of hydrogen-bond acceptors (Lipinski definition) is 4. The third-order valence-corrected chi connectivity index (χ3v) is 4.10. The molecule has 1 heterocycles. The predicted molar refractivity (Wildman–Crippen MR) is 63.9 cm³/mol. The van der Waals surface area contributed by atoms with Crippen molar-refractivity contribution in [3.63, 3.8) is 0 Å². The van der Waals surface area contributed by atoms with Gasteiger partial charge in [-0.05, 0) is 24.5 Å². The van der Waals surface area contributed by atoms with E-state index in [0.717, 1.165) is 0 Å². The maximum Gasteiger partial charge on any atom is 0.274 e. The first kappa shape index (κ1) is 14.2. The van der Waals surface area contributed by atoms with Crippen molar-refractivity contribution >= 4 is 10.0 Å². The SMILES string of the molecule is CC(NS(=O)(=O)c1ccc(CO)o1)C(C)(C)C. The summed E-state index contributed by atoms with van der Waals surface area (Å²) in [4.78, 5) is 0. The van der Waals surface area contributed by atoms with Crippen molar-refractivity contribution < 1.29 is 17.9 Å². The summed E-state index contributed by atoms with van der Waals surface area (Å²) in [7, 11) is -3.66. The third kappa shape index (κ3) is 3.55. The highest BCUT2D eigenvalue weighted by molar-refractivity contribution is 7.89. The maximum absolute atomic E-state index is 11.9. The first-order valence-electron chi connectivity index (χ1n) is 5.38. The monoisotopic (exact) mass is 261 g/mol. The third-order valence-electron chi connectivity index (χ3n) is 2.69. The van der Waals surface area contributed by atoms with Crippen molar-refractivity contribution in [2.45, 2.75) is 45.4 Å². The average molecular weight is 261 g/mol. The van der Waals surface area contributed by atoms with Crippen molar-refractivity contribution in [1.29, 1.82) is 0 Å². The van der Waals surface area contributed by atoms with Crippen LogP contribution in [0.2, 0.25) is 0 Å². The fraction of sp³-hybridized carbons (Fsp3) is 0.636. The molecule has 0 aliphatic rings. The van der Waals surface area contributed by atoms with Gasteiger partial charge in [0, 0.05) is 6.04 Å². The van der Waals surface area contributed by atoms with Gasteiger partial charge in [-0.15, -0.1) is 0 Å². The highest BCUT2D eigenvalue weighted by atomic mass is 32.2. The largest absolute Gasteiger partial charge is 0.446 e. The molecule has 17 heavy (non-hydrogen) atoms. The summed E-state index contributed by atoms with van der Waals surface area (Å²) in [6, 6.07) is 2.55. The molecule has 1 aromatic heterocycles. The standard InChI is InChI=1S/C11H19NO4S/c1-8(11(2,3)4)12-17(14,15)10-6-5-9(7-13)16-10/h5-6,8,12-13H,7H2,1-4H3. The lowest BCUT2D eigenvalue weighted by atomic mass is 9.89. The molecule has 0 aromatic carbocycles. The van der Waals surface area contributed by atoms with E-state index in [1.165, 1.54) is 12.1 Å². The van der Waals surface area contributed by atoms with Gasteiger partial charge in [0.25, 0.3) is 10.0 Å². The second kappa shape index (κ2) is 4.80. The first-order chi connectivity index (χ1) is 7.66. The second-order valence-electron chi connectivity index (χ2n) is 5.09. The Balaban J connectivity index is 2.89. The van der Waals surface area contributed by atoms with Crippen molar-refractivity contribution in [2.24, 2.45) is 5.41 Å². The van der Waals surface area contributed by atoms with E-state index in [1.807, 2.05) is 20.8 Å². The molecule has 0 saturated heterocycles. The minimum Gasteiger partial charge on any atom is -0.446 e. The lowest BCUT2D eigenvalue weighted by Crippen LogP contribution is -2.41. The van der Waals surface area contributed by atoms with Crippen molar-refractivity contribution in [3.8, 4) is 0 Å². The van der Waals surface area contributed by atoms with Gasteiger partial charge in [0.1, 0.15) is 12.4 Å².